The first-order valence-electron chi connectivity index (χ1n) is 6.81. The van der Waals surface area contributed by atoms with Crippen LogP contribution in [0.2, 0.25) is 0 Å². The number of likely N-dealkylation sites (tertiary alicyclic amines) is 1. The van der Waals surface area contributed by atoms with Gasteiger partial charge in [0.1, 0.15) is 6.04 Å². The molecule has 0 aromatic heterocycles. The van der Waals surface area contributed by atoms with Gasteiger partial charge in [-0.05, 0) is 25.9 Å². The standard InChI is InChI=1S/C13H21N3O4/c1-16-10(17)7-9(11(16)18)15-12(19)13(8-20-2)3-5-14-6-4-13/h9,14H,3-8H2,1-2H3,(H,15,19). The Balaban J connectivity index is 2.05. The molecule has 1 unspecified atom stereocenters. The number of nitrogens with one attached hydrogen (secondary N) is 2. The predicted octanol–water partition coefficient (Wildman–Crippen LogP) is -1.12. The van der Waals surface area contributed by atoms with Gasteiger partial charge in [0, 0.05) is 14.2 Å². The fraction of sp³-hybridized carbons (Fsp3) is 0.769. The molecule has 7 heteroatoms. The molecular formula is C13H21N3O4. The summed E-state index contributed by atoms with van der Waals surface area (Å²) in [5.41, 5.74) is -0.607. The molecule has 7 nitrogen and oxygen atoms in total. The molecule has 0 spiro atoms. The first-order valence-corrected chi connectivity index (χ1v) is 6.81. The van der Waals surface area contributed by atoms with Crippen molar-refractivity contribution in [3.63, 3.8) is 0 Å². The number of rotatable bonds is 4. The topological polar surface area (TPSA) is 87.7 Å². The Morgan fingerprint density at radius 2 is 2.10 bits per heavy atom. The summed E-state index contributed by atoms with van der Waals surface area (Å²) in [6.45, 7) is 1.81. The van der Waals surface area contributed by atoms with Crippen LogP contribution >= 0.6 is 0 Å². The number of ether oxygens (including phenoxy) is 1. The lowest BCUT2D eigenvalue weighted by molar-refractivity contribution is -0.141. The predicted molar refractivity (Wildman–Crippen MR) is 70.7 cm³/mol. The van der Waals surface area contributed by atoms with Crippen molar-refractivity contribution < 1.29 is 19.1 Å². The van der Waals surface area contributed by atoms with Crippen LogP contribution in [0.25, 0.3) is 0 Å². The molecule has 2 heterocycles. The Labute approximate surface area is 118 Å². The van der Waals surface area contributed by atoms with Gasteiger partial charge in [-0.3, -0.25) is 19.3 Å². The number of piperidine rings is 1. The number of likely N-dealkylation sites (N-methyl/N-ethyl adjacent to an activating group) is 1. The summed E-state index contributed by atoms with van der Waals surface area (Å²) in [4.78, 5) is 36.9. The van der Waals surface area contributed by atoms with Gasteiger partial charge in [-0.15, -0.1) is 0 Å². The van der Waals surface area contributed by atoms with Crippen molar-refractivity contribution >= 4 is 17.7 Å². The normalized spacial score (nSPS) is 25.9. The molecule has 3 amide bonds. The fourth-order valence-corrected chi connectivity index (χ4v) is 2.80. The van der Waals surface area contributed by atoms with E-state index in [1.165, 1.54) is 7.05 Å². The van der Waals surface area contributed by atoms with Crippen molar-refractivity contribution in [1.29, 1.82) is 0 Å². The van der Waals surface area contributed by atoms with Gasteiger partial charge in [-0.25, -0.2) is 0 Å². The van der Waals surface area contributed by atoms with Crippen LogP contribution in [0.5, 0.6) is 0 Å². The largest absolute Gasteiger partial charge is 0.384 e. The molecule has 20 heavy (non-hydrogen) atoms. The summed E-state index contributed by atoms with van der Waals surface area (Å²) < 4.78 is 5.19. The van der Waals surface area contributed by atoms with Crippen molar-refractivity contribution in [2.75, 3.05) is 33.9 Å². The van der Waals surface area contributed by atoms with E-state index in [-0.39, 0.29) is 24.1 Å². The number of amides is 3. The van der Waals surface area contributed by atoms with E-state index in [0.29, 0.717) is 19.4 Å². The zero-order valence-corrected chi connectivity index (χ0v) is 11.9. The Kier molecular flexibility index (Phi) is 4.39. The van der Waals surface area contributed by atoms with E-state index in [1.54, 1.807) is 7.11 Å². The lowest BCUT2D eigenvalue weighted by Crippen LogP contribution is -2.53. The molecule has 2 aliphatic rings. The molecule has 0 saturated carbocycles. The Morgan fingerprint density at radius 3 is 2.60 bits per heavy atom. The first-order chi connectivity index (χ1) is 9.50. The molecule has 1 atom stereocenters. The number of nitrogens with zero attached hydrogens (tertiary/aromatic N) is 1. The van der Waals surface area contributed by atoms with E-state index >= 15 is 0 Å². The van der Waals surface area contributed by atoms with Crippen LogP contribution in [0.3, 0.4) is 0 Å². The van der Waals surface area contributed by atoms with Crippen LogP contribution < -0.4 is 10.6 Å². The summed E-state index contributed by atoms with van der Waals surface area (Å²) in [5.74, 6) is -0.793. The van der Waals surface area contributed by atoms with Gasteiger partial charge in [0.05, 0.1) is 18.4 Å². The molecule has 2 saturated heterocycles. The van der Waals surface area contributed by atoms with E-state index < -0.39 is 11.5 Å². The quantitative estimate of drug-likeness (QED) is 0.638. The van der Waals surface area contributed by atoms with Gasteiger partial charge in [-0.2, -0.15) is 0 Å². The molecular weight excluding hydrogens is 262 g/mol. The van der Waals surface area contributed by atoms with E-state index in [1.807, 2.05) is 0 Å². The molecule has 2 N–H and O–H groups in total. The maximum absolute atomic E-state index is 12.5. The number of carbonyl (C=O) groups excluding carboxylic acids is 3. The third kappa shape index (κ3) is 2.69. The number of methoxy groups -OCH3 is 1. The lowest BCUT2D eigenvalue weighted by Gasteiger charge is -2.36. The van der Waals surface area contributed by atoms with Crippen molar-refractivity contribution in [2.45, 2.75) is 25.3 Å². The molecule has 0 radical (unpaired) electrons. The monoisotopic (exact) mass is 283 g/mol. The average Bonchev–Trinajstić information content (AvgIpc) is 2.68. The SMILES string of the molecule is COCC1(C(=O)NC2CC(=O)N(C)C2=O)CCNCC1. The van der Waals surface area contributed by atoms with Gasteiger partial charge >= 0.3 is 0 Å². The highest BCUT2D eigenvalue weighted by Crippen LogP contribution is 2.30. The Morgan fingerprint density at radius 1 is 1.45 bits per heavy atom. The minimum Gasteiger partial charge on any atom is -0.384 e. The van der Waals surface area contributed by atoms with Gasteiger partial charge in [0.25, 0.3) is 5.91 Å². The van der Waals surface area contributed by atoms with Crippen LogP contribution in [0.1, 0.15) is 19.3 Å². The van der Waals surface area contributed by atoms with Crippen LogP contribution in [0.4, 0.5) is 0 Å². The summed E-state index contributed by atoms with van der Waals surface area (Å²) >= 11 is 0. The van der Waals surface area contributed by atoms with Gasteiger partial charge in [0.15, 0.2) is 0 Å². The molecule has 112 valence electrons. The van der Waals surface area contributed by atoms with E-state index in [4.69, 9.17) is 4.74 Å². The molecule has 2 fully saturated rings. The summed E-state index contributed by atoms with van der Waals surface area (Å²) in [5, 5.41) is 5.93. The number of hydrogen-bond donors (Lipinski definition) is 2. The summed E-state index contributed by atoms with van der Waals surface area (Å²) in [6, 6.07) is -0.733. The highest BCUT2D eigenvalue weighted by Gasteiger charge is 2.44. The second-order valence-corrected chi connectivity index (χ2v) is 5.48. The fourth-order valence-electron chi connectivity index (χ4n) is 2.80. The minimum absolute atomic E-state index is 0.0440. The molecule has 2 aliphatic heterocycles. The minimum atomic E-state index is -0.733. The smallest absolute Gasteiger partial charge is 0.252 e. The van der Waals surface area contributed by atoms with Crippen LogP contribution in [0.15, 0.2) is 0 Å². The van der Waals surface area contributed by atoms with Gasteiger partial charge < -0.3 is 15.4 Å². The number of carbonyl (C=O) groups is 3. The highest BCUT2D eigenvalue weighted by molar-refractivity contribution is 6.06. The molecule has 2 rings (SSSR count). The maximum atomic E-state index is 12.5. The average molecular weight is 283 g/mol. The Bertz CT molecular complexity index is 412. The Hall–Kier alpha value is -1.47. The van der Waals surface area contributed by atoms with E-state index in [0.717, 1.165) is 18.0 Å². The zero-order chi connectivity index (χ0) is 14.8. The number of hydrogen-bond acceptors (Lipinski definition) is 5. The zero-order valence-electron chi connectivity index (χ0n) is 11.9. The second-order valence-electron chi connectivity index (χ2n) is 5.48. The maximum Gasteiger partial charge on any atom is 0.252 e. The van der Waals surface area contributed by atoms with E-state index in [2.05, 4.69) is 10.6 Å². The number of imide groups is 1. The lowest BCUT2D eigenvalue weighted by atomic mass is 9.78. The first kappa shape index (κ1) is 14.9. The van der Waals surface area contributed by atoms with Crippen molar-refractivity contribution in [3.05, 3.63) is 0 Å². The molecule has 0 aliphatic carbocycles. The second kappa shape index (κ2) is 5.88. The van der Waals surface area contributed by atoms with Crippen molar-refractivity contribution in [1.82, 2.24) is 15.5 Å². The van der Waals surface area contributed by atoms with Gasteiger partial charge in [-0.1, -0.05) is 0 Å². The van der Waals surface area contributed by atoms with Crippen molar-refractivity contribution in [2.24, 2.45) is 5.41 Å². The molecule has 0 aromatic rings. The van der Waals surface area contributed by atoms with Crippen LogP contribution in [-0.2, 0) is 19.1 Å². The van der Waals surface area contributed by atoms with Crippen LogP contribution in [-0.4, -0.2) is 62.5 Å². The van der Waals surface area contributed by atoms with Gasteiger partial charge in [0.2, 0.25) is 11.8 Å². The van der Waals surface area contributed by atoms with E-state index in [9.17, 15) is 14.4 Å². The summed E-state index contributed by atoms with van der Waals surface area (Å²) in [7, 11) is 3.00. The summed E-state index contributed by atoms with van der Waals surface area (Å²) in [6.07, 6.45) is 1.37. The highest BCUT2D eigenvalue weighted by atomic mass is 16.5. The third-order valence-corrected chi connectivity index (χ3v) is 4.15. The third-order valence-electron chi connectivity index (χ3n) is 4.15. The van der Waals surface area contributed by atoms with Crippen LogP contribution in [0, 0.1) is 5.41 Å². The molecule has 0 bridgehead atoms. The molecule has 0 aromatic carbocycles. The van der Waals surface area contributed by atoms with Crippen molar-refractivity contribution in [3.8, 4) is 0 Å².